The standard InChI is InChI=1S/C19H28BrN3O3/c20-11-16(24)21-12-17(25)22-1-3-23(4-2-22)18(26)19-8-13-5-14(9-19)7-15(6-13)10-19/h13-15H,1-12H2,(H,21,24). The van der Waals surface area contributed by atoms with Gasteiger partial charge in [-0.2, -0.15) is 0 Å². The van der Waals surface area contributed by atoms with Gasteiger partial charge in [-0.25, -0.2) is 0 Å². The highest BCUT2D eigenvalue weighted by Gasteiger charge is 2.55. The lowest BCUT2D eigenvalue weighted by atomic mass is 9.49. The molecule has 1 saturated heterocycles. The van der Waals surface area contributed by atoms with E-state index in [0.717, 1.165) is 37.0 Å². The van der Waals surface area contributed by atoms with Crippen molar-refractivity contribution in [2.75, 3.05) is 38.1 Å². The minimum atomic E-state index is -0.186. The number of rotatable bonds is 4. The fourth-order valence-corrected chi connectivity index (χ4v) is 6.40. The summed E-state index contributed by atoms with van der Waals surface area (Å²) in [5.74, 6) is 2.41. The van der Waals surface area contributed by atoms with E-state index in [0.29, 0.717) is 32.1 Å². The molecule has 1 N–H and O–H groups in total. The Morgan fingerprint density at radius 3 is 1.88 bits per heavy atom. The molecule has 0 atom stereocenters. The molecule has 5 aliphatic rings. The Kier molecular flexibility index (Phi) is 5.01. The number of hydrogen-bond donors (Lipinski definition) is 1. The largest absolute Gasteiger partial charge is 0.346 e. The first-order chi connectivity index (χ1) is 12.5. The molecule has 3 amide bonds. The van der Waals surface area contributed by atoms with Gasteiger partial charge in [-0.15, -0.1) is 0 Å². The highest BCUT2D eigenvalue weighted by Crippen LogP contribution is 2.60. The monoisotopic (exact) mass is 425 g/mol. The van der Waals surface area contributed by atoms with E-state index in [2.05, 4.69) is 21.2 Å². The minimum Gasteiger partial charge on any atom is -0.346 e. The predicted octanol–water partition coefficient (Wildman–Crippen LogP) is 1.38. The molecule has 4 aliphatic carbocycles. The van der Waals surface area contributed by atoms with Gasteiger partial charge in [0.05, 0.1) is 17.3 Å². The van der Waals surface area contributed by atoms with Crippen molar-refractivity contribution in [1.82, 2.24) is 15.1 Å². The molecule has 5 rings (SSSR count). The lowest BCUT2D eigenvalue weighted by Gasteiger charge is -2.57. The first-order valence-corrected chi connectivity index (χ1v) is 11.0. The van der Waals surface area contributed by atoms with Gasteiger partial charge >= 0.3 is 0 Å². The molecule has 4 saturated carbocycles. The van der Waals surface area contributed by atoms with Gasteiger partial charge < -0.3 is 15.1 Å². The number of alkyl halides is 1. The van der Waals surface area contributed by atoms with Crippen molar-refractivity contribution in [3.05, 3.63) is 0 Å². The molecule has 1 aliphatic heterocycles. The van der Waals surface area contributed by atoms with Crippen molar-refractivity contribution < 1.29 is 14.4 Å². The van der Waals surface area contributed by atoms with Crippen molar-refractivity contribution in [3.8, 4) is 0 Å². The fourth-order valence-electron chi connectivity index (χ4n) is 6.20. The lowest BCUT2D eigenvalue weighted by Crippen LogP contribution is -2.59. The Labute approximate surface area is 163 Å². The fraction of sp³-hybridized carbons (Fsp3) is 0.842. The van der Waals surface area contributed by atoms with Gasteiger partial charge in [-0.1, -0.05) is 15.9 Å². The molecule has 0 aromatic rings. The summed E-state index contributed by atoms with van der Waals surface area (Å²) in [6.07, 6.45) is 7.31. The Hall–Kier alpha value is -1.11. The van der Waals surface area contributed by atoms with Crippen LogP contribution in [0.1, 0.15) is 38.5 Å². The van der Waals surface area contributed by atoms with Crippen molar-refractivity contribution in [1.29, 1.82) is 0 Å². The first kappa shape index (κ1) is 18.3. The van der Waals surface area contributed by atoms with Gasteiger partial charge in [0.2, 0.25) is 17.7 Å². The Morgan fingerprint density at radius 2 is 1.38 bits per heavy atom. The topological polar surface area (TPSA) is 69.7 Å². The van der Waals surface area contributed by atoms with Crippen LogP contribution in [0.15, 0.2) is 0 Å². The van der Waals surface area contributed by atoms with E-state index in [4.69, 9.17) is 0 Å². The third kappa shape index (κ3) is 3.39. The summed E-state index contributed by atoms with van der Waals surface area (Å²) in [7, 11) is 0. The Balaban J connectivity index is 1.31. The van der Waals surface area contributed by atoms with Crippen molar-refractivity contribution in [2.24, 2.45) is 23.2 Å². The van der Waals surface area contributed by atoms with Crippen LogP contribution in [0.3, 0.4) is 0 Å². The number of halogens is 1. The number of nitrogens with one attached hydrogen (secondary N) is 1. The van der Waals surface area contributed by atoms with E-state index in [9.17, 15) is 14.4 Å². The smallest absolute Gasteiger partial charge is 0.242 e. The van der Waals surface area contributed by atoms with E-state index in [-0.39, 0.29) is 29.1 Å². The molecule has 0 aromatic heterocycles. The molecular weight excluding hydrogens is 398 g/mol. The molecular formula is C19H28BrN3O3. The molecule has 144 valence electrons. The van der Waals surface area contributed by atoms with Crippen LogP contribution < -0.4 is 5.32 Å². The third-order valence-electron chi connectivity index (χ3n) is 6.97. The second-order valence-electron chi connectivity index (χ2n) is 8.78. The van der Waals surface area contributed by atoms with Crippen molar-refractivity contribution >= 4 is 33.7 Å². The second-order valence-corrected chi connectivity index (χ2v) is 9.34. The highest BCUT2D eigenvalue weighted by atomic mass is 79.9. The summed E-state index contributed by atoms with van der Waals surface area (Å²) in [5, 5.41) is 2.80. The maximum absolute atomic E-state index is 13.3. The van der Waals surface area contributed by atoms with E-state index in [1.807, 2.05) is 4.90 Å². The number of amides is 3. The molecule has 26 heavy (non-hydrogen) atoms. The van der Waals surface area contributed by atoms with Gasteiger partial charge in [-0.05, 0) is 56.3 Å². The van der Waals surface area contributed by atoms with Crippen LogP contribution in [-0.4, -0.2) is 65.6 Å². The van der Waals surface area contributed by atoms with E-state index in [1.165, 1.54) is 19.3 Å². The molecule has 4 bridgehead atoms. The van der Waals surface area contributed by atoms with Crippen molar-refractivity contribution in [2.45, 2.75) is 38.5 Å². The summed E-state index contributed by atoms with van der Waals surface area (Å²) >= 11 is 3.07. The zero-order valence-electron chi connectivity index (χ0n) is 15.2. The SMILES string of the molecule is O=C(CBr)NCC(=O)N1CCN(C(=O)C23CC4CC(CC(C4)C2)C3)CC1. The average Bonchev–Trinajstić information content (AvgIpc) is 2.64. The quantitative estimate of drug-likeness (QED) is 0.691. The summed E-state index contributed by atoms with van der Waals surface area (Å²) < 4.78 is 0. The van der Waals surface area contributed by atoms with Gasteiger partial charge in [0.1, 0.15) is 0 Å². The van der Waals surface area contributed by atoms with Crippen LogP contribution in [0.5, 0.6) is 0 Å². The summed E-state index contributed by atoms with van der Waals surface area (Å²) in [6, 6.07) is 0. The molecule has 1 heterocycles. The average molecular weight is 426 g/mol. The summed E-state index contributed by atoms with van der Waals surface area (Å²) in [4.78, 5) is 40.6. The molecule has 7 heteroatoms. The van der Waals surface area contributed by atoms with E-state index >= 15 is 0 Å². The number of piperazine rings is 1. The molecule has 6 nitrogen and oxygen atoms in total. The van der Waals surface area contributed by atoms with Crippen molar-refractivity contribution in [3.63, 3.8) is 0 Å². The highest BCUT2D eigenvalue weighted by molar-refractivity contribution is 9.09. The molecule has 0 aromatic carbocycles. The predicted molar refractivity (Wildman–Crippen MR) is 101 cm³/mol. The van der Waals surface area contributed by atoms with Crippen LogP contribution in [-0.2, 0) is 14.4 Å². The van der Waals surface area contributed by atoms with Crippen LogP contribution in [0.2, 0.25) is 0 Å². The molecule has 0 radical (unpaired) electrons. The first-order valence-electron chi connectivity index (χ1n) is 9.89. The van der Waals surface area contributed by atoms with Crippen LogP contribution in [0.25, 0.3) is 0 Å². The van der Waals surface area contributed by atoms with Crippen LogP contribution >= 0.6 is 15.9 Å². The summed E-state index contributed by atoms with van der Waals surface area (Å²) in [5.41, 5.74) is -0.0925. The Bertz CT molecular complexity index is 566. The van der Waals surface area contributed by atoms with Gasteiger partial charge in [0.15, 0.2) is 0 Å². The second kappa shape index (κ2) is 7.13. The molecule has 0 spiro atoms. The number of carbonyl (C=O) groups excluding carboxylic acids is 3. The van der Waals surface area contributed by atoms with Crippen LogP contribution in [0, 0.1) is 23.2 Å². The zero-order valence-corrected chi connectivity index (χ0v) is 16.8. The van der Waals surface area contributed by atoms with E-state index in [1.54, 1.807) is 4.90 Å². The maximum atomic E-state index is 13.3. The minimum absolute atomic E-state index is 0.0351. The van der Waals surface area contributed by atoms with Gasteiger partial charge in [0, 0.05) is 26.2 Å². The normalized spacial score (nSPS) is 35.5. The number of hydrogen-bond acceptors (Lipinski definition) is 3. The zero-order chi connectivity index (χ0) is 18.3. The molecule has 5 fully saturated rings. The summed E-state index contributed by atoms with van der Waals surface area (Å²) in [6.45, 7) is 2.42. The van der Waals surface area contributed by atoms with E-state index < -0.39 is 0 Å². The van der Waals surface area contributed by atoms with Gasteiger partial charge in [0.25, 0.3) is 0 Å². The van der Waals surface area contributed by atoms with Gasteiger partial charge in [-0.3, -0.25) is 14.4 Å². The number of carbonyl (C=O) groups is 3. The van der Waals surface area contributed by atoms with Crippen LogP contribution in [0.4, 0.5) is 0 Å². The molecule has 0 unspecified atom stereocenters. The lowest BCUT2D eigenvalue weighted by molar-refractivity contribution is -0.160. The number of nitrogens with zero attached hydrogens (tertiary/aromatic N) is 2. The Morgan fingerprint density at radius 1 is 0.885 bits per heavy atom. The maximum Gasteiger partial charge on any atom is 0.242 e. The third-order valence-corrected chi connectivity index (χ3v) is 7.48.